The Morgan fingerprint density at radius 2 is 1.79 bits per heavy atom. The molecule has 0 saturated carbocycles. The molecule has 0 aliphatic carbocycles. The molecule has 0 aliphatic heterocycles. The van der Waals surface area contributed by atoms with Gasteiger partial charge in [-0.1, -0.05) is 42.1 Å². The summed E-state index contributed by atoms with van der Waals surface area (Å²) in [5.74, 6) is 2.09. The van der Waals surface area contributed by atoms with Gasteiger partial charge in [0, 0.05) is 17.0 Å². The van der Waals surface area contributed by atoms with Crippen LogP contribution in [0.2, 0.25) is 0 Å². The van der Waals surface area contributed by atoms with Crippen LogP contribution in [0.1, 0.15) is 16.2 Å². The second kappa shape index (κ2) is 7.47. The molecular formula is C20H18N4O3S. The van der Waals surface area contributed by atoms with Gasteiger partial charge in [0.2, 0.25) is 0 Å². The molecule has 4 rings (SSSR count). The van der Waals surface area contributed by atoms with Crippen LogP contribution < -0.4 is 9.47 Å². The fourth-order valence-corrected chi connectivity index (χ4v) is 3.78. The summed E-state index contributed by atoms with van der Waals surface area (Å²) in [5, 5.41) is 5.85. The van der Waals surface area contributed by atoms with E-state index in [9.17, 15) is 4.79 Å². The number of ether oxygens (including phenoxy) is 2. The van der Waals surface area contributed by atoms with Crippen molar-refractivity contribution in [1.29, 1.82) is 0 Å². The Morgan fingerprint density at radius 1 is 1.07 bits per heavy atom. The standard InChI is InChI=1S/C20H18N4O3S/c1-12-21-19-14-9-17(26-2)18(27-3)10-15(14)22-20(24(19)23-12)28-11-16(25)13-7-5-4-6-8-13/h4-10H,11H2,1-3H3. The minimum Gasteiger partial charge on any atom is -0.493 e. The molecule has 28 heavy (non-hydrogen) atoms. The van der Waals surface area contributed by atoms with Gasteiger partial charge in [-0.2, -0.15) is 4.52 Å². The normalized spacial score (nSPS) is 11.1. The molecule has 0 saturated heterocycles. The lowest BCUT2D eigenvalue weighted by Crippen LogP contribution is -2.05. The molecule has 8 heteroatoms. The van der Waals surface area contributed by atoms with E-state index in [-0.39, 0.29) is 11.5 Å². The SMILES string of the molecule is COc1cc2nc(SCC(=O)c3ccccc3)n3nc(C)nc3c2cc1OC. The van der Waals surface area contributed by atoms with Crippen LogP contribution in [0.4, 0.5) is 0 Å². The summed E-state index contributed by atoms with van der Waals surface area (Å²) < 4.78 is 12.5. The van der Waals surface area contributed by atoms with Crippen molar-refractivity contribution in [1.82, 2.24) is 19.6 Å². The number of fused-ring (bicyclic) bond motifs is 3. The van der Waals surface area contributed by atoms with Crippen molar-refractivity contribution in [3.63, 3.8) is 0 Å². The lowest BCUT2D eigenvalue weighted by molar-refractivity contribution is 0.102. The number of Topliss-reactive ketones (excluding diaryl/α,β-unsaturated/α-hetero) is 1. The lowest BCUT2D eigenvalue weighted by atomic mass is 10.2. The maximum absolute atomic E-state index is 12.5. The number of aromatic nitrogens is 4. The first-order valence-electron chi connectivity index (χ1n) is 8.61. The molecule has 0 radical (unpaired) electrons. The molecule has 0 bridgehead atoms. The topological polar surface area (TPSA) is 78.6 Å². The highest BCUT2D eigenvalue weighted by molar-refractivity contribution is 7.99. The predicted octanol–water partition coefficient (Wildman–Crippen LogP) is 3.58. The molecule has 0 aliphatic rings. The fraction of sp³-hybridized carbons (Fsp3) is 0.200. The van der Waals surface area contributed by atoms with E-state index >= 15 is 0 Å². The van der Waals surface area contributed by atoms with Gasteiger partial charge in [0.1, 0.15) is 5.82 Å². The van der Waals surface area contributed by atoms with Gasteiger partial charge in [-0.3, -0.25) is 4.79 Å². The monoisotopic (exact) mass is 394 g/mol. The Morgan fingerprint density at radius 3 is 2.50 bits per heavy atom. The van der Waals surface area contributed by atoms with Gasteiger partial charge >= 0.3 is 0 Å². The largest absolute Gasteiger partial charge is 0.493 e. The van der Waals surface area contributed by atoms with E-state index in [1.807, 2.05) is 43.3 Å². The Hall–Kier alpha value is -3.13. The third-order valence-electron chi connectivity index (χ3n) is 4.28. The van der Waals surface area contributed by atoms with Gasteiger partial charge in [-0.05, 0) is 13.0 Å². The highest BCUT2D eigenvalue weighted by Gasteiger charge is 2.17. The first-order chi connectivity index (χ1) is 13.6. The molecule has 2 aromatic heterocycles. The zero-order chi connectivity index (χ0) is 19.7. The van der Waals surface area contributed by atoms with Crippen LogP contribution in [-0.2, 0) is 0 Å². The third-order valence-corrected chi connectivity index (χ3v) is 5.21. The average Bonchev–Trinajstić information content (AvgIpc) is 3.13. The number of nitrogens with zero attached hydrogens (tertiary/aromatic N) is 4. The number of rotatable bonds is 6. The van der Waals surface area contributed by atoms with Gasteiger partial charge in [-0.15, -0.1) is 5.10 Å². The molecule has 0 spiro atoms. The fourth-order valence-electron chi connectivity index (χ4n) is 2.94. The molecule has 0 amide bonds. The summed E-state index contributed by atoms with van der Waals surface area (Å²) in [7, 11) is 3.17. The predicted molar refractivity (Wildman–Crippen MR) is 108 cm³/mol. The van der Waals surface area contributed by atoms with Gasteiger partial charge in [0.05, 0.1) is 25.5 Å². The third kappa shape index (κ3) is 3.27. The number of carbonyl (C=O) groups excluding carboxylic acids is 1. The molecular weight excluding hydrogens is 376 g/mol. The van der Waals surface area contributed by atoms with Crippen LogP contribution in [0.25, 0.3) is 16.6 Å². The highest BCUT2D eigenvalue weighted by atomic mass is 32.2. The van der Waals surface area contributed by atoms with Crippen LogP contribution >= 0.6 is 11.8 Å². The van der Waals surface area contributed by atoms with E-state index < -0.39 is 0 Å². The second-order valence-electron chi connectivity index (χ2n) is 6.09. The van der Waals surface area contributed by atoms with Gasteiger partial charge in [0.25, 0.3) is 0 Å². The number of hydrogen-bond donors (Lipinski definition) is 0. The van der Waals surface area contributed by atoms with Crippen molar-refractivity contribution in [2.24, 2.45) is 0 Å². The Bertz CT molecular complexity index is 1170. The summed E-state index contributed by atoms with van der Waals surface area (Å²) in [6.45, 7) is 1.82. The van der Waals surface area contributed by atoms with E-state index in [0.717, 1.165) is 5.39 Å². The lowest BCUT2D eigenvalue weighted by Gasteiger charge is -2.11. The summed E-state index contributed by atoms with van der Waals surface area (Å²) in [6, 6.07) is 12.9. The Labute approximate surface area is 165 Å². The van der Waals surface area contributed by atoms with E-state index in [0.29, 0.717) is 39.2 Å². The molecule has 0 unspecified atom stereocenters. The smallest absolute Gasteiger partial charge is 0.192 e. The van der Waals surface area contributed by atoms with Gasteiger partial charge in [0.15, 0.2) is 28.1 Å². The van der Waals surface area contributed by atoms with Crippen molar-refractivity contribution >= 4 is 34.1 Å². The average molecular weight is 394 g/mol. The summed E-state index contributed by atoms with van der Waals surface area (Å²) >= 11 is 1.33. The Kier molecular flexibility index (Phi) is 4.87. The van der Waals surface area contributed by atoms with Crippen molar-refractivity contribution in [2.75, 3.05) is 20.0 Å². The molecule has 7 nitrogen and oxygen atoms in total. The molecule has 0 fully saturated rings. The maximum atomic E-state index is 12.5. The second-order valence-corrected chi connectivity index (χ2v) is 7.03. The van der Waals surface area contributed by atoms with Crippen molar-refractivity contribution in [2.45, 2.75) is 12.1 Å². The molecule has 2 aromatic carbocycles. The molecule has 4 aromatic rings. The number of benzene rings is 2. The molecule has 2 heterocycles. The zero-order valence-electron chi connectivity index (χ0n) is 15.7. The number of hydrogen-bond acceptors (Lipinski definition) is 7. The van der Waals surface area contributed by atoms with E-state index in [1.54, 1.807) is 24.8 Å². The number of ketones is 1. The summed E-state index contributed by atoms with van der Waals surface area (Å²) in [6.07, 6.45) is 0. The van der Waals surface area contributed by atoms with E-state index in [1.165, 1.54) is 11.8 Å². The van der Waals surface area contributed by atoms with Crippen LogP contribution in [0.15, 0.2) is 47.6 Å². The molecule has 0 N–H and O–H groups in total. The van der Waals surface area contributed by atoms with Crippen molar-refractivity contribution in [3.8, 4) is 11.5 Å². The quantitative estimate of drug-likeness (QED) is 0.281. The van der Waals surface area contributed by atoms with Crippen molar-refractivity contribution in [3.05, 3.63) is 53.9 Å². The number of aryl methyl sites for hydroxylation is 1. The Balaban J connectivity index is 1.77. The summed E-state index contributed by atoms with van der Waals surface area (Å²) in [5.41, 5.74) is 2.04. The first-order valence-corrected chi connectivity index (χ1v) is 9.59. The van der Waals surface area contributed by atoms with Crippen LogP contribution in [0.5, 0.6) is 11.5 Å². The van der Waals surface area contributed by atoms with Crippen LogP contribution in [0, 0.1) is 6.92 Å². The number of carbonyl (C=O) groups is 1. The zero-order valence-corrected chi connectivity index (χ0v) is 16.5. The molecule has 0 atom stereocenters. The summed E-state index contributed by atoms with van der Waals surface area (Å²) in [4.78, 5) is 21.7. The minimum absolute atomic E-state index is 0.0322. The minimum atomic E-state index is 0.0322. The van der Waals surface area contributed by atoms with Crippen LogP contribution in [-0.4, -0.2) is 45.3 Å². The van der Waals surface area contributed by atoms with E-state index in [2.05, 4.69) is 10.1 Å². The van der Waals surface area contributed by atoms with Gasteiger partial charge < -0.3 is 9.47 Å². The maximum Gasteiger partial charge on any atom is 0.192 e. The first kappa shape index (κ1) is 18.2. The van der Waals surface area contributed by atoms with Gasteiger partial charge in [-0.25, -0.2) is 9.97 Å². The van der Waals surface area contributed by atoms with Crippen LogP contribution in [0.3, 0.4) is 0 Å². The number of methoxy groups -OCH3 is 2. The highest BCUT2D eigenvalue weighted by Crippen LogP contribution is 2.34. The van der Waals surface area contributed by atoms with Crippen molar-refractivity contribution < 1.29 is 14.3 Å². The molecule has 142 valence electrons. The number of thioether (sulfide) groups is 1. The van der Waals surface area contributed by atoms with E-state index in [4.69, 9.17) is 14.5 Å².